The maximum atomic E-state index is 9.24. The summed E-state index contributed by atoms with van der Waals surface area (Å²) in [4.78, 5) is 0. The molecule has 0 N–H and O–H groups in total. The molecule has 324 valence electrons. The Labute approximate surface area is 393 Å². The van der Waals surface area contributed by atoms with Gasteiger partial charge in [-0.3, -0.25) is 0 Å². The molecule has 3 aliphatic rings. The van der Waals surface area contributed by atoms with E-state index in [0.717, 1.165) is 78.4 Å². The topological polar surface area (TPSA) is 21.9 Å². The molecule has 1 spiro atoms. The van der Waals surface area contributed by atoms with Gasteiger partial charge in [-0.25, -0.2) is 0 Å². The van der Waals surface area contributed by atoms with Crippen LogP contribution in [-0.4, -0.2) is 4.57 Å². The summed E-state index contributed by atoms with van der Waals surface area (Å²) in [5.74, 6) is 0.410. The summed E-state index contributed by atoms with van der Waals surface area (Å²) in [7, 11) is 0. The first-order valence-corrected chi connectivity index (χ1v) is 23.3. The first kappa shape index (κ1) is 37.2. The Balaban J connectivity index is 1.14. The van der Waals surface area contributed by atoms with Crippen LogP contribution in [0.3, 0.4) is 0 Å². The molecule has 5 heterocycles. The standard InChI is InChI=1S/C62H57N3O/c1-38-31-42(44-32-45(59(2,3)4)35-46(33-44)60(5,6)7)27-28-52(38)64-53-21-16-20-48-50-36-47(61(8,9)10)37-51-54-34-43(41-25-23-40(24-26-41)39-17-12-11-13-18-39)29-30-63(54)62(56(50)51)65(57(48)53)58(64)49-19-14-15-22-55(49)66-62/h11-37H,1-10H3/q+2/i1D3. The van der Waals surface area contributed by atoms with Gasteiger partial charge in [0.1, 0.15) is 22.6 Å². The lowest BCUT2D eigenvalue weighted by Gasteiger charge is -2.32. The SMILES string of the molecule is [2H]C([2H])([2H])c1cc(-c2cc(C(C)(C)C)cc(C(C)(C)C)c2)ccc1-n1c2[n+]3c4c(cccc41)-c1cc(C(C)(C)C)cc4c1C3(Oc1ccccc1-2)[n+]1ccc(-c2ccc(-c3ccccc3)cc2)cc1-4. The van der Waals surface area contributed by atoms with Crippen LogP contribution in [0.25, 0.3) is 83.9 Å². The Morgan fingerprint density at radius 3 is 1.79 bits per heavy atom. The van der Waals surface area contributed by atoms with Gasteiger partial charge in [0.05, 0.1) is 5.56 Å². The van der Waals surface area contributed by atoms with Crippen molar-refractivity contribution in [2.24, 2.45) is 0 Å². The molecule has 4 nitrogen and oxygen atoms in total. The average molecular weight is 863 g/mol. The summed E-state index contributed by atoms with van der Waals surface area (Å²) < 4.78 is 42.3. The van der Waals surface area contributed by atoms with Crippen LogP contribution >= 0.6 is 0 Å². The number of nitrogens with zero attached hydrogens (tertiary/aromatic N) is 3. The lowest BCUT2D eigenvalue weighted by atomic mass is 9.79. The summed E-state index contributed by atoms with van der Waals surface area (Å²) in [5.41, 5.74) is 18.9. The number of aryl methyl sites for hydroxylation is 1. The third-order valence-electron chi connectivity index (χ3n) is 14.3. The predicted molar refractivity (Wildman–Crippen MR) is 270 cm³/mol. The maximum absolute atomic E-state index is 9.24. The first-order chi connectivity index (χ1) is 32.7. The zero-order valence-electron chi connectivity index (χ0n) is 42.3. The number of fused-ring (bicyclic) bond motifs is 5. The molecular weight excluding hydrogens is 803 g/mol. The van der Waals surface area contributed by atoms with Gasteiger partial charge in [-0.15, -0.1) is 9.13 Å². The summed E-state index contributed by atoms with van der Waals surface area (Å²) in [5, 5.41) is 0. The van der Waals surface area contributed by atoms with E-state index >= 15 is 0 Å². The van der Waals surface area contributed by atoms with Gasteiger partial charge in [0.25, 0.3) is 0 Å². The number of ether oxygens (including phenoxy) is 1. The Hall–Kier alpha value is -7.04. The van der Waals surface area contributed by atoms with Crippen molar-refractivity contribution in [3.05, 3.63) is 192 Å². The summed E-state index contributed by atoms with van der Waals surface area (Å²) in [6.45, 7) is 17.8. The Kier molecular flexibility index (Phi) is 7.75. The molecule has 0 saturated heterocycles. The molecule has 0 aliphatic carbocycles. The zero-order chi connectivity index (χ0) is 48.2. The molecule has 3 aliphatic heterocycles. The number of rotatable bonds is 4. The quantitative estimate of drug-likeness (QED) is 0.162. The highest BCUT2D eigenvalue weighted by atomic mass is 16.5. The minimum absolute atomic E-state index is 0.101. The third kappa shape index (κ3) is 5.83. The van der Waals surface area contributed by atoms with Crippen molar-refractivity contribution >= 4 is 11.0 Å². The fraction of sp³-hybridized carbons (Fsp3) is 0.226. The van der Waals surface area contributed by atoms with E-state index in [9.17, 15) is 4.11 Å². The minimum Gasteiger partial charge on any atom is -0.392 e. The van der Waals surface area contributed by atoms with E-state index in [4.69, 9.17) is 4.74 Å². The molecule has 4 heteroatoms. The highest BCUT2D eigenvalue weighted by molar-refractivity contribution is 5.98. The highest BCUT2D eigenvalue weighted by Crippen LogP contribution is 2.54. The maximum Gasteiger partial charge on any atom is 0.499 e. The van der Waals surface area contributed by atoms with Crippen LogP contribution in [0, 0.1) is 6.85 Å². The number of hydrogen-bond acceptors (Lipinski definition) is 1. The first-order valence-electron chi connectivity index (χ1n) is 24.8. The Morgan fingerprint density at radius 2 is 1.09 bits per heavy atom. The second-order valence-corrected chi connectivity index (χ2v) is 21.7. The van der Waals surface area contributed by atoms with Crippen molar-refractivity contribution in [2.75, 3.05) is 0 Å². The molecule has 1 unspecified atom stereocenters. The van der Waals surface area contributed by atoms with E-state index in [0.29, 0.717) is 5.69 Å². The van der Waals surface area contributed by atoms with Gasteiger partial charge in [-0.1, -0.05) is 159 Å². The fourth-order valence-electron chi connectivity index (χ4n) is 10.7. The van der Waals surface area contributed by atoms with Crippen molar-refractivity contribution in [1.29, 1.82) is 0 Å². The van der Waals surface area contributed by atoms with Gasteiger partial charge < -0.3 is 4.74 Å². The predicted octanol–water partition coefficient (Wildman–Crippen LogP) is 14.6. The third-order valence-corrected chi connectivity index (χ3v) is 14.3. The average Bonchev–Trinajstić information content (AvgIpc) is 3.81. The second kappa shape index (κ2) is 13.7. The van der Waals surface area contributed by atoms with Crippen molar-refractivity contribution in [3.63, 3.8) is 0 Å². The molecule has 7 aromatic carbocycles. The molecule has 0 bridgehead atoms. The summed E-state index contributed by atoms with van der Waals surface area (Å²) in [6, 6.07) is 56.2. The molecule has 0 amide bonds. The number of aromatic nitrogens is 3. The lowest BCUT2D eigenvalue weighted by molar-refractivity contribution is -0.997. The minimum atomic E-state index is -2.45. The van der Waals surface area contributed by atoms with E-state index < -0.39 is 12.7 Å². The number of pyridine rings is 1. The van der Waals surface area contributed by atoms with Gasteiger partial charge in [0.2, 0.25) is 5.69 Å². The molecular formula is C62H57N3O+2. The molecule has 66 heavy (non-hydrogen) atoms. The van der Waals surface area contributed by atoms with Crippen molar-refractivity contribution in [1.82, 2.24) is 4.57 Å². The lowest BCUT2D eigenvalue weighted by Crippen LogP contribution is -2.78. The number of hydrogen-bond donors (Lipinski definition) is 0. The van der Waals surface area contributed by atoms with Gasteiger partial charge in [0.15, 0.2) is 17.2 Å². The van der Waals surface area contributed by atoms with E-state index in [1.165, 1.54) is 27.8 Å². The van der Waals surface area contributed by atoms with Crippen molar-refractivity contribution in [3.8, 4) is 78.6 Å². The zero-order valence-corrected chi connectivity index (χ0v) is 39.3. The van der Waals surface area contributed by atoms with Gasteiger partial charge in [-0.2, -0.15) is 4.57 Å². The van der Waals surface area contributed by atoms with E-state index in [1.54, 1.807) is 0 Å². The largest absolute Gasteiger partial charge is 0.499 e. The van der Waals surface area contributed by atoms with Crippen molar-refractivity contribution < 1.29 is 18.0 Å². The number of para-hydroxylation sites is 2. The molecule has 0 saturated carbocycles. The van der Waals surface area contributed by atoms with Crippen LogP contribution in [-0.2, 0) is 22.1 Å². The van der Waals surface area contributed by atoms with Crippen LogP contribution in [0.1, 0.15) is 94.2 Å². The Morgan fingerprint density at radius 1 is 0.500 bits per heavy atom. The number of imidazole rings is 1. The molecule has 9 aromatic rings. The van der Waals surface area contributed by atoms with E-state index in [2.05, 4.69) is 210 Å². The van der Waals surface area contributed by atoms with Crippen LogP contribution in [0.2, 0.25) is 0 Å². The monoisotopic (exact) mass is 862 g/mol. The summed E-state index contributed by atoms with van der Waals surface area (Å²) in [6.07, 6.45) is 2.19. The van der Waals surface area contributed by atoms with E-state index in [1.807, 2.05) is 30.3 Å². The smallest absolute Gasteiger partial charge is 0.392 e. The van der Waals surface area contributed by atoms with Gasteiger partial charge in [-0.05, 0) is 127 Å². The highest BCUT2D eigenvalue weighted by Gasteiger charge is 2.68. The molecule has 1 atom stereocenters. The van der Waals surface area contributed by atoms with Crippen LogP contribution in [0.4, 0.5) is 0 Å². The molecule has 2 aromatic heterocycles. The van der Waals surface area contributed by atoms with E-state index in [-0.39, 0.29) is 21.8 Å². The van der Waals surface area contributed by atoms with Crippen LogP contribution in [0.15, 0.2) is 164 Å². The molecule has 0 fully saturated rings. The summed E-state index contributed by atoms with van der Waals surface area (Å²) >= 11 is 0. The Bertz CT molecular complexity index is 3590. The van der Waals surface area contributed by atoms with Gasteiger partial charge >= 0.3 is 11.7 Å². The second-order valence-electron chi connectivity index (χ2n) is 21.7. The fourth-order valence-corrected chi connectivity index (χ4v) is 10.7. The molecule has 12 rings (SSSR count). The normalized spacial score (nSPS) is 16.5. The van der Waals surface area contributed by atoms with Gasteiger partial charge in [0, 0.05) is 27.4 Å². The van der Waals surface area contributed by atoms with Crippen molar-refractivity contribution in [2.45, 2.75) is 91.3 Å². The van der Waals surface area contributed by atoms with Crippen LogP contribution in [0.5, 0.6) is 5.75 Å². The molecule has 0 radical (unpaired) electrons. The number of benzene rings is 7. The van der Waals surface area contributed by atoms with Crippen LogP contribution < -0.4 is 13.9 Å².